The normalized spacial score (nSPS) is 18.5. The third-order valence-corrected chi connectivity index (χ3v) is 6.11. The van der Waals surface area contributed by atoms with Crippen LogP contribution in [-0.2, 0) is 17.7 Å². The van der Waals surface area contributed by atoms with Gasteiger partial charge in [-0.3, -0.25) is 4.79 Å². The second-order valence-electron chi connectivity index (χ2n) is 9.49. The Morgan fingerprint density at radius 1 is 1.16 bits per heavy atom. The summed E-state index contributed by atoms with van der Waals surface area (Å²) in [6.07, 6.45) is 3.55. The van der Waals surface area contributed by atoms with Crippen LogP contribution in [0.4, 0.5) is 4.79 Å². The summed E-state index contributed by atoms with van der Waals surface area (Å²) >= 11 is 6.47. The number of hydrogen-bond donors (Lipinski definition) is 0. The highest BCUT2D eigenvalue weighted by Gasteiger charge is 2.36. The molecule has 2 aromatic rings. The molecule has 1 aromatic heterocycles. The van der Waals surface area contributed by atoms with Crippen molar-refractivity contribution in [2.75, 3.05) is 13.1 Å². The van der Waals surface area contributed by atoms with Crippen molar-refractivity contribution in [2.45, 2.75) is 65.1 Å². The van der Waals surface area contributed by atoms with Crippen LogP contribution < -0.4 is 0 Å². The number of carbonyl (C=O) groups is 2. The van der Waals surface area contributed by atoms with E-state index >= 15 is 0 Å². The molecule has 0 unspecified atom stereocenters. The maximum atomic E-state index is 13.1. The topological polar surface area (TPSA) is 75.6 Å². The predicted molar refractivity (Wildman–Crippen MR) is 122 cm³/mol. The highest BCUT2D eigenvalue weighted by molar-refractivity contribution is 6.30. The molecule has 1 saturated heterocycles. The Balaban J connectivity index is 1.64. The second-order valence-corrected chi connectivity index (χ2v) is 9.92. The van der Waals surface area contributed by atoms with Crippen molar-refractivity contribution < 1.29 is 14.3 Å². The summed E-state index contributed by atoms with van der Waals surface area (Å²) in [7, 11) is 0. The summed E-state index contributed by atoms with van der Waals surface area (Å²) < 4.78 is 5.65. The van der Waals surface area contributed by atoms with E-state index in [0.717, 1.165) is 35.2 Å². The Morgan fingerprint density at radius 3 is 2.66 bits per heavy atom. The van der Waals surface area contributed by atoms with Gasteiger partial charge in [0.15, 0.2) is 0 Å². The van der Waals surface area contributed by atoms with Crippen molar-refractivity contribution in [3.05, 3.63) is 57.6 Å². The van der Waals surface area contributed by atoms with Crippen molar-refractivity contribution in [1.82, 2.24) is 19.8 Å². The molecule has 0 radical (unpaired) electrons. The molecule has 2 aliphatic rings. The quantitative estimate of drug-likeness (QED) is 0.654. The van der Waals surface area contributed by atoms with Crippen molar-refractivity contribution >= 4 is 23.6 Å². The van der Waals surface area contributed by atoms with Gasteiger partial charge in [0.2, 0.25) is 0 Å². The van der Waals surface area contributed by atoms with E-state index in [0.29, 0.717) is 36.8 Å². The molecule has 0 N–H and O–H groups in total. The lowest BCUT2D eigenvalue weighted by molar-refractivity contribution is 0.0222. The lowest BCUT2D eigenvalue weighted by Gasteiger charge is -2.34. The first-order valence-electron chi connectivity index (χ1n) is 11.0. The highest BCUT2D eigenvalue weighted by Crippen LogP contribution is 2.39. The van der Waals surface area contributed by atoms with E-state index in [9.17, 15) is 9.59 Å². The van der Waals surface area contributed by atoms with Crippen LogP contribution in [0.25, 0.3) is 0 Å². The van der Waals surface area contributed by atoms with E-state index in [1.807, 2.05) is 44.7 Å². The average Bonchev–Trinajstić information content (AvgIpc) is 3.21. The number of nitrogens with zero attached hydrogens (tertiary/aromatic N) is 4. The van der Waals surface area contributed by atoms with Crippen molar-refractivity contribution in [1.29, 1.82) is 0 Å². The molecule has 0 aliphatic carbocycles. The number of likely N-dealkylation sites (tertiary alicyclic amines) is 1. The molecule has 32 heavy (non-hydrogen) atoms. The van der Waals surface area contributed by atoms with Crippen LogP contribution >= 0.6 is 11.6 Å². The minimum atomic E-state index is -0.559. The van der Waals surface area contributed by atoms with Gasteiger partial charge < -0.3 is 14.5 Å². The van der Waals surface area contributed by atoms with E-state index in [4.69, 9.17) is 16.3 Å². The number of carbonyl (C=O) groups excluding carboxylic acids is 2. The first-order chi connectivity index (χ1) is 15.1. The highest BCUT2D eigenvalue weighted by atomic mass is 35.5. The van der Waals surface area contributed by atoms with Crippen LogP contribution in [0.15, 0.2) is 24.5 Å². The molecule has 170 valence electrons. The van der Waals surface area contributed by atoms with Gasteiger partial charge in [0, 0.05) is 30.4 Å². The van der Waals surface area contributed by atoms with Gasteiger partial charge in [0.25, 0.3) is 5.91 Å². The zero-order chi connectivity index (χ0) is 23.0. The van der Waals surface area contributed by atoms with Crippen LogP contribution in [-0.4, -0.2) is 50.5 Å². The van der Waals surface area contributed by atoms with Gasteiger partial charge in [0.05, 0.1) is 6.04 Å². The Labute approximate surface area is 193 Å². The van der Waals surface area contributed by atoms with Crippen LogP contribution in [0.3, 0.4) is 0 Å². The van der Waals surface area contributed by atoms with Gasteiger partial charge in [-0.05, 0) is 81.8 Å². The van der Waals surface area contributed by atoms with Gasteiger partial charge in [-0.15, -0.1) is 0 Å². The molecular weight excluding hydrogens is 428 g/mol. The molecule has 0 spiro atoms. The first kappa shape index (κ1) is 22.5. The number of halogens is 1. The maximum absolute atomic E-state index is 13.1. The zero-order valence-corrected chi connectivity index (χ0v) is 19.8. The summed E-state index contributed by atoms with van der Waals surface area (Å²) in [5.74, 6) is -0.113. The Kier molecular flexibility index (Phi) is 6.12. The molecule has 1 aromatic carbocycles. The summed E-state index contributed by atoms with van der Waals surface area (Å²) in [5.41, 5.74) is 3.80. The largest absolute Gasteiger partial charge is 0.444 e. The number of aromatic nitrogens is 2. The average molecular weight is 457 g/mol. The number of rotatable bonds is 2. The van der Waals surface area contributed by atoms with E-state index in [-0.39, 0.29) is 18.0 Å². The van der Waals surface area contributed by atoms with Crippen molar-refractivity contribution in [3.8, 4) is 0 Å². The molecule has 8 heteroatoms. The van der Waals surface area contributed by atoms with Crippen LogP contribution in [0.5, 0.6) is 0 Å². The van der Waals surface area contributed by atoms with Gasteiger partial charge in [-0.25, -0.2) is 14.8 Å². The smallest absolute Gasteiger partial charge is 0.410 e. The van der Waals surface area contributed by atoms with Gasteiger partial charge in [-0.2, -0.15) is 0 Å². The van der Waals surface area contributed by atoms with Crippen LogP contribution in [0.2, 0.25) is 5.02 Å². The lowest BCUT2D eigenvalue weighted by atomic mass is 9.90. The molecule has 2 amide bonds. The summed E-state index contributed by atoms with van der Waals surface area (Å²) in [6.45, 7) is 9.15. The molecule has 1 atom stereocenters. The molecule has 0 bridgehead atoms. The molecule has 0 saturated carbocycles. The summed E-state index contributed by atoms with van der Waals surface area (Å²) in [6, 6.07) is 5.51. The Morgan fingerprint density at radius 2 is 1.94 bits per heavy atom. The SMILES string of the molecule is Cc1cc(C(=O)N2CCc3cc(Cl)cc([C@@H]4CCCN4C(=O)OC(C)(C)C)c3C2)ncn1. The van der Waals surface area contributed by atoms with E-state index in [1.54, 1.807) is 11.0 Å². The third kappa shape index (κ3) is 4.72. The zero-order valence-electron chi connectivity index (χ0n) is 19.0. The van der Waals surface area contributed by atoms with Crippen molar-refractivity contribution in [3.63, 3.8) is 0 Å². The molecule has 4 rings (SSSR count). The Bertz CT molecular complexity index is 1050. The van der Waals surface area contributed by atoms with Crippen LogP contribution in [0.1, 0.15) is 72.5 Å². The standard InChI is InChI=1S/C24H29ClN4O3/c1-15-10-20(27-14-26-15)22(30)28-9-7-16-11-17(25)12-18(19(16)13-28)21-6-5-8-29(21)23(31)32-24(2,3)4/h10-12,14,21H,5-9,13H2,1-4H3/t21-/m0/s1. The maximum Gasteiger partial charge on any atom is 0.410 e. The minimum Gasteiger partial charge on any atom is -0.444 e. The molecule has 2 aliphatic heterocycles. The second kappa shape index (κ2) is 8.70. The minimum absolute atomic E-state index is 0.113. The molecule has 3 heterocycles. The van der Waals surface area contributed by atoms with Crippen LogP contribution in [0, 0.1) is 6.92 Å². The molecular formula is C24H29ClN4O3. The Hall–Kier alpha value is -2.67. The number of ether oxygens (including phenoxy) is 1. The number of benzene rings is 1. The molecule has 7 nitrogen and oxygen atoms in total. The summed E-state index contributed by atoms with van der Waals surface area (Å²) in [5, 5.41) is 0.654. The van der Waals surface area contributed by atoms with Gasteiger partial charge >= 0.3 is 6.09 Å². The monoisotopic (exact) mass is 456 g/mol. The van der Waals surface area contributed by atoms with Crippen molar-refractivity contribution in [2.24, 2.45) is 0 Å². The lowest BCUT2D eigenvalue weighted by Crippen LogP contribution is -2.39. The number of hydrogen-bond acceptors (Lipinski definition) is 5. The number of amides is 2. The fourth-order valence-corrected chi connectivity index (χ4v) is 4.74. The summed E-state index contributed by atoms with van der Waals surface area (Å²) in [4.78, 5) is 37.9. The van der Waals surface area contributed by atoms with E-state index in [2.05, 4.69) is 9.97 Å². The van der Waals surface area contributed by atoms with Gasteiger partial charge in [0.1, 0.15) is 17.6 Å². The first-order valence-corrected chi connectivity index (χ1v) is 11.4. The van der Waals surface area contributed by atoms with Gasteiger partial charge in [-0.1, -0.05) is 11.6 Å². The molecule has 1 fully saturated rings. The van der Waals surface area contributed by atoms with E-state index in [1.165, 1.54) is 6.33 Å². The fraction of sp³-hybridized carbons (Fsp3) is 0.500. The fourth-order valence-electron chi connectivity index (χ4n) is 4.49. The van der Waals surface area contributed by atoms with E-state index < -0.39 is 5.60 Å². The number of fused-ring (bicyclic) bond motifs is 1. The predicted octanol–water partition coefficient (Wildman–Crippen LogP) is 4.71. The third-order valence-electron chi connectivity index (χ3n) is 5.89. The number of aryl methyl sites for hydroxylation is 1.